The van der Waals surface area contributed by atoms with E-state index in [0.29, 0.717) is 19.4 Å². The van der Waals surface area contributed by atoms with Gasteiger partial charge in [0.1, 0.15) is 6.04 Å². The Labute approximate surface area is 305 Å². The van der Waals surface area contributed by atoms with E-state index in [2.05, 4.69) is 29.8 Å². The molecule has 290 valence electrons. The topological polar surface area (TPSA) is 167 Å². The van der Waals surface area contributed by atoms with Crippen LogP contribution in [0.2, 0.25) is 0 Å². The van der Waals surface area contributed by atoms with Crippen molar-refractivity contribution >= 4 is 29.6 Å². The summed E-state index contributed by atoms with van der Waals surface area (Å²) in [5.74, 6) is -3.15. The first-order chi connectivity index (χ1) is 24.1. The van der Waals surface area contributed by atoms with Gasteiger partial charge in [-0.1, -0.05) is 85.2 Å². The van der Waals surface area contributed by atoms with Crippen molar-refractivity contribution in [2.75, 3.05) is 41.4 Å². The summed E-state index contributed by atoms with van der Waals surface area (Å²) in [7, 11) is 6.34. The zero-order chi connectivity index (χ0) is 38.8. The van der Waals surface area contributed by atoms with Crippen molar-refractivity contribution in [2.24, 2.45) is 17.8 Å². The van der Waals surface area contributed by atoms with E-state index in [-0.39, 0.29) is 48.9 Å². The number of benzene rings is 1. The van der Waals surface area contributed by atoms with Gasteiger partial charge in [-0.05, 0) is 37.3 Å². The molecule has 1 aliphatic rings. The minimum absolute atomic E-state index is 0.00974. The van der Waals surface area contributed by atoms with Crippen LogP contribution in [0, 0.1) is 17.8 Å². The van der Waals surface area contributed by atoms with E-state index in [1.807, 2.05) is 45.9 Å². The Kier molecular flexibility index (Phi) is 20.6. The number of nitrogens with zero attached hydrogens (tertiary/aromatic N) is 2. The van der Waals surface area contributed by atoms with Crippen molar-refractivity contribution in [3.63, 3.8) is 0 Å². The summed E-state index contributed by atoms with van der Waals surface area (Å²) in [5.41, 5.74) is 0.784. The number of hydrogen-bond acceptors (Lipinski definition) is 8. The van der Waals surface area contributed by atoms with E-state index in [4.69, 9.17) is 9.47 Å². The number of ether oxygens (including phenoxy) is 2. The predicted molar refractivity (Wildman–Crippen MR) is 198 cm³/mol. The molecule has 0 aliphatic carbocycles. The molecule has 0 saturated carbocycles. The van der Waals surface area contributed by atoms with Gasteiger partial charge in [-0.3, -0.25) is 19.2 Å². The Morgan fingerprint density at radius 2 is 1.57 bits per heavy atom. The molecule has 1 fully saturated rings. The van der Waals surface area contributed by atoms with Crippen LogP contribution >= 0.6 is 0 Å². The third kappa shape index (κ3) is 13.8. The molecule has 2 rings (SSSR count). The van der Waals surface area contributed by atoms with Crippen LogP contribution in [-0.4, -0.2) is 122 Å². The standard InChI is InChI=1S/C35H57N5O8.C3H8/c1-21(2)30(36-6)34(44)37-20-29(42)39(7)31(22(3)4)27(47-8)19-28(41)40-17-13-16-26(40)32(48-9)23(5)33(43)38-25(35(45)46)18-24-14-11-10-12-15-24;1-3-2/h10-12,14-15,21-23,25-27,30-32,36H,13,16-20H2,1-9H3,(H,37,44)(H,38,43)(H,45,46);3H2,1-2H3. The van der Waals surface area contributed by atoms with Gasteiger partial charge < -0.3 is 40.3 Å². The SMILES string of the molecule is CCC.CNC(C(=O)NCC(=O)N(C)C(C(C)C)C(CC(=O)N1CCCC1C(OC)C(C)C(=O)NC(Cc1ccccc1)C(=O)O)OC)C(C)C. The number of likely N-dealkylation sites (N-methyl/N-ethyl adjacent to an activating group) is 2. The minimum Gasteiger partial charge on any atom is -0.480 e. The Morgan fingerprint density at radius 1 is 0.961 bits per heavy atom. The Balaban J connectivity index is 0.00000418. The van der Waals surface area contributed by atoms with Crippen molar-refractivity contribution in [3.05, 3.63) is 35.9 Å². The van der Waals surface area contributed by atoms with Gasteiger partial charge in [0.05, 0.1) is 49.2 Å². The van der Waals surface area contributed by atoms with Crippen LogP contribution < -0.4 is 16.0 Å². The highest BCUT2D eigenvalue weighted by atomic mass is 16.5. The van der Waals surface area contributed by atoms with E-state index < -0.39 is 54.2 Å². The Bertz CT molecular complexity index is 1230. The van der Waals surface area contributed by atoms with Gasteiger partial charge in [-0.15, -0.1) is 0 Å². The molecule has 0 bridgehead atoms. The molecular formula is C38H65N5O8. The molecule has 1 heterocycles. The molecule has 13 nitrogen and oxygen atoms in total. The lowest BCUT2D eigenvalue weighted by molar-refractivity contribution is -0.146. The second-order valence-corrected chi connectivity index (χ2v) is 14.0. The van der Waals surface area contributed by atoms with Crippen LogP contribution in [0.1, 0.15) is 79.7 Å². The molecule has 0 radical (unpaired) electrons. The fraction of sp³-hybridized carbons (Fsp3) is 0.711. The summed E-state index contributed by atoms with van der Waals surface area (Å²) in [6.45, 7) is 13.9. The van der Waals surface area contributed by atoms with E-state index in [9.17, 15) is 29.1 Å². The van der Waals surface area contributed by atoms with Gasteiger partial charge in [-0.2, -0.15) is 0 Å². The fourth-order valence-electron chi connectivity index (χ4n) is 6.73. The summed E-state index contributed by atoms with van der Waals surface area (Å²) in [6, 6.07) is 6.65. The first-order valence-corrected chi connectivity index (χ1v) is 18.2. The fourth-order valence-corrected chi connectivity index (χ4v) is 6.73. The summed E-state index contributed by atoms with van der Waals surface area (Å²) in [6.07, 6.45) is 1.38. The average Bonchev–Trinajstić information content (AvgIpc) is 3.57. The molecule has 7 atom stereocenters. The lowest BCUT2D eigenvalue weighted by Crippen LogP contribution is -2.55. The second-order valence-electron chi connectivity index (χ2n) is 14.0. The molecule has 4 amide bonds. The molecule has 4 N–H and O–H groups in total. The number of nitrogens with one attached hydrogen (secondary N) is 3. The molecular weight excluding hydrogens is 654 g/mol. The third-order valence-corrected chi connectivity index (χ3v) is 9.33. The number of methoxy groups -OCH3 is 2. The average molecular weight is 720 g/mol. The first-order valence-electron chi connectivity index (χ1n) is 18.2. The molecule has 51 heavy (non-hydrogen) atoms. The van der Waals surface area contributed by atoms with Gasteiger partial charge >= 0.3 is 5.97 Å². The number of carboxylic acids is 1. The quantitative estimate of drug-likeness (QED) is 0.168. The lowest BCUT2D eigenvalue weighted by atomic mass is 9.92. The molecule has 13 heteroatoms. The Hall–Kier alpha value is -3.55. The van der Waals surface area contributed by atoms with Crippen LogP contribution in [0.4, 0.5) is 0 Å². The zero-order valence-electron chi connectivity index (χ0n) is 32.7. The van der Waals surface area contributed by atoms with E-state index >= 15 is 0 Å². The maximum atomic E-state index is 13.9. The Morgan fingerprint density at radius 3 is 2.06 bits per heavy atom. The maximum absolute atomic E-state index is 13.9. The summed E-state index contributed by atoms with van der Waals surface area (Å²) < 4.78 is 11.6. The molecule has 0 aromatic heterocycles. The van der Waals surface area contributed by atoms with Crippen molar-refractivity contribution in [2.45, 2.75) is 117 Å². The molecule has 1 saturated heterocycles. The first kappa shape index (κ1) is 45.5. The van der Waals surface area contributed by atoms with Crippen LogP contribution in [0.25, 0.3) is 0 Å². The second kappa shape index (κ2) is 23.1. The molecule has 1 aliphatic heterocycles. The van der Waals surface area contributed by atoms with Gasteiger partial charge in [0.15, 0.2) is 0 Å². The molecule has 0 spiro atoms. The monoisotopic (exact) mass is 719 g/mol. The van der Waals surface area contributed by atoms with Crippen LogP contribution in [-0.2, 0) is 39.9 Å². The predicted octanol–water partition coefficient (Wildman–Crippen LogP) is 3.11. The van der Waals surface area contributed by atoms with Gasteiger partial charge in [0.2, 0.25) is 23.6 Å². The van der Waals surface area contributed by atoms with Gasteiger partial charge in [-0.25, -0.2) is 4.79 Å². The van der Waals surface area contributed by atoms with Crippen molar-refractivity contribution in [3.8, 4) is 0 Å². The van der Waals surface area contributed by atoms with Crippen molar-refractivity contribution in [1.82, 2.24) is 25.8 Å². The smallest absolute Gasteiger partial charge is 0.326 e. The van der Waals surface area contributed by atoms with E-state index in [1.165, 1.54) is 25.5 Å². The highest BCUT2D eigenvalue weighted by Gasteiger charge is 2.42. The number of aliphatic carboxylic acids is 1. The molecule has 1 aromatic rings. The van der Waals surface area contributed by atoms with Gasteiger partial charge in [0.25, 0.3) is 0 Å². The third-order valence-electron chi connectivity index (χ3n) is 9.33. The number of amides is 4. The number of carbonyl (C=O) groups is 5. The van der Waals surface area contributed by atoms with Crippen molar-refractivity contribution in [1.29, 1.82) is 0 Å². The normalized spacial score (nSPS) is 17.7. The maximum Gasteiger partial charge on any atom is 0.326 e. The number of carbonyl (C=O) groups excluding carboxylic acids is 4. The number of hydrogen-bond donors (Lipinski definition) is 4. The van der Waals surface area contributed by atoms with Crippen LogP contribution in [0.5, 0.6) is 0 Å². The number of rotatable bonds is 19. The summed E-state index contributed by atoms with van der Waals surface area (Å²) >= 11 is 0. The summed E-state index contributed by atoms with van der Waals surface area (Å²) in [5, 5.41) is 18.1. The molecule has 7 unspecified atom stereocenters. The minimum atomic E-state index is -1.14. The number of carboxylic acid groups (broad SMARTS) is 1. The van der Waals surface area contributed by atoms with E-state index in [1.54, 1.807) is 38.1 Å². The van der Waals surface area contributed by atoms with Crippen LogP contribution in [0.15, 0.2) is 30.3 Å². The number of likely N-dealkylation sites (tertiary alicyclic amines) is 1. The summed E-state index contributed by atoms with van der Waals surface area (Å²) in [4.78, 5) is 68.3. The lowest BCUT2D eigenvalue weighted by Gasteiger charge is -2.38. The van der Waals surface area contributed by atoms with Crippen molar-refractivity contribution < 1.29 is 38.6 Å². The largest absolute Gasteiger partial charge is 0.480 e. The highest BCUT2D eigenvalue weighted by molar-refractivity contribution is 5.88. The van der Waals surface area contributed by atoms with E-state index in [0.717, 1.165) is 5.56 Å². The zero-order valence-corrected chi connectivity index (χ0v) is 32.7. The van der Waals surface area contributed by atoms with Gasteiger partial charge in [0, 0.05) is 34.2 Å². The molecule has 1 aromatic carbocycles. The highest BCUT2D eigenvalue weighted by Crippen LogP contribution is 2.29. The van der Waals surface area contributed by atoms with Crippen LogP contribution in [0.3, 0.4) is 0 Å².